The predicted octanol–water partition coefficient (Wildman–Crippen LogP) is 1.99. The molecule has 0 aromatic heterocycles. The van der Waals surface area contributed by atoms with E-state index in [4.69, 9.17) is 5.26 Å². The molecule has 0 atom stereocenters. The van der Waals surface area contributed by atoms with Crippen molar-refractivity contribution >= 4 is 5.91 Å². The molecule has 1 fully saturated rings. The maximum atomic E-state index is 11.7. The Kier molecular flexibility index (Phi) is 3.51. The molecular weight excluding hydrogens is 176 g/mol. The summed E-state index contributed by atoms with van der Waals surface area (Å²) in [6.07, 6.45) is 5.49. The zero-order chi connectivity index (χ0) is 10.6. The fraction of sp³-hybridized carbons (Fsp3) is 0.818. The molecule has 3 heteroatoms. The van der Waals surface area contributed by atoms with Gasteiger partial charge in [-0.05, 0) is 26.7 Å². The van der Waals surface area contributed by atoms with E-state index in [2.05, 4.69) is 11.4 Å². The van der Waals surface area contributed by atoms with E-state index < -0.39 is 5.54 Å². The van der Waals surface area contributed by atoms with Crippen LogP contribution < -0.4 is 5.32 Å². The van der Waals surface area contributed by atoms with E-state index in [1.807, 2.05) is 0 Å². The monoisotopic (exact) mass is 194 g/mol. The molecule has 78 valence electrons. The number of hydrogen-bond acceptors (Lipinski definition) is 2. The summed E-state index contributed by atoms with van der Waals surface area (Å²) in [5.74, 6) is 0.188. The minimum atomic E-state index is -0.728. The quantitative estimate of drug-likeness (QED) is 0.730. The number of amides is 1. The summed E-state index contributed by atoms with van der Waals surface area (Å²) in [7, 11) is 0. The smallest absolute Gasteiger partial charge is 0.224 e. The SMILES string of the molecule is CC(C)(C#N)NC(=O)C1CCCCC1. The predicted molar refractivity (Wildman–Crippen MR) is 54.4 cm³/mol. The van der Waals surface area contributed by atoms with Crippen LogP contribution in [-0.2, 0) is 4.79 Å². The molecular formula is C11H18N2O. The third-order valence-corrected chi connectivity index (χ3v) is 2.69. The second kappa shape index (κ2) is 4.45. The molecule has 0 spiro atoms. The van der Waals surface area contributed by atoms with Gasteiger partial charge in [0.15, 0.2) is 0 Å². The van der Waals surface area contributed by atoms with Crippen molar-refractivity contribution < 1.29 is 4.79 Å². The molecule has 0 aromatic carbocycles. The van der Waals surface area contributed by atoms with Crippen molar-refractivity contribution in [2.24, 2.45) is 5.92 Å². The summed E-state index contributed by atoms with van der Waals surface area (Å²) in [5, 5.41) is 11.6. The molecule has 1 N–H and O–H groups in total. The molecule has 0 saturated heterocycles. The van der Waals surface area contributed by atoms with Crippen LogP contribution in [0.15, 0.2) is 0 Å². The number of carbonyl (C=O) groups is 1. The number of nitrogens with zero attached hydrogens (tertiary/aromatic N) is 1. The van der Waals surface area contributed by atoms with E-state index in [9.17, 15) is 4.79 Å². The third kappa shape index (κ3) is 3.02. The van der Waals surface area contributed by atoms with Crippen LogP contribution in [-0.4, -0.2) is 11.4 Å². The highest BCUT2D eigenvalue weighted by Crippen LogP contribution is 2.24. The van der Waals surface area contributed by atoms with Gasteiger partial charge in [-0.15, -0.1) is 0 Å². The topological polar surface area (TPSA) is 52.9 Å². The molecule has 1 rings (SSSR count). The minimum Gasteiger partial charge on any atom is -0.338 e. The lowest BCUT2D eigenvalue weighted by Crippen LogP contribution is -2.45. The van der Waals surface area contributed by atoms with Crippen LogP contribution in [0.4, 0.5) is 0 Å². The van der Waals surface area contributed by atoms with Crippen molar-refractivity contribution in [3.05, 3.63) is 0 Å². The Labute approximate surface area is 85.5 Å². The number of rotatable bonds is 2. The van der Waals surface area contributed by atoms with Crippen LogP contribution in [0.5, 0.6) is 0 Å². The first-order valence-corrected chi connectivity index (χ1v) is 5.28. The van der Waals surface area contributed by atoms with Crippen molar-refractivity contribution in [3.63, 3.8) is 0 Å². The average Bonchev–Trinajstić information content (AvgIpc) is 2.19. The summed E-state index contributed by atoms with van der Waals surface area (Å²) in [4.78, 5) is 11.7. The summed E-state index contributed by atoms with van der Waals surface area (Å²) in [6, 6.07) is 2.08. The molecule has 0 unspecified atom stereocenters. The lowest BCUT2D eigenvalue weighted by Gasteiger charge is -2.25. The largest absolute Gasteiger partial charge is 0.338 e. The van der Waals surface area contributed by atoms with Gasteiger partial charge in [-0.3, -0.25) is 4.79 Å². The summed E-state index contributed by atoms with van der Waals surface area (Å²) in [5.41, 5.74) is -0.728. The first kappa shape index (κ1) is 11.0. The third-order valence-electron chi connectivity index (χ3n) is 2.69. The Morgan fingerprint density at radius 3 is 2.43 bits per heavy atom. The first-order valence-electron chi connectivity index (χ1n) is 5.28. The zero-order valence-electron chi connectivity index (χ0n) is 8.97. The van der Waals surface area contributed by atoms with Crippen LogP contribution in [0.3, 0.4) is 0 Å². The molecule has 3 nitrogen and oxygen atoms in total. The standard InChI is InChI=1S/C11H18N2O/c1-11(2,8-12)13-10(14)9-6-4-3-5-7-9/h9H,3-7H2,1-2H3,(H,13,14). The van der Waals surface area contributed by atoms with Gasteiger partial charge < -0.3 is 5.32 Å². The number of carbonyl (C=O) groups excluding carboxylic acids is 1. The lowest BCUT2D eigenvalue weighted by atomic mass is 9.88. The van der Waals surface area contributed by atoms with Gasteiger partial charge in [0, 0.05) is 5.92 Å². The van der Waals surface area contributed by atoms with Gasteiger partial charge in [0.25, 0.3) is 0 Å². The molecule has 1 amide bonds. The molecule has 0 aliphatic heterocycles. The van der Waals surface area contributed by atoms with Crippen LogP contribution in [0.2, 0.25) is 0 Å². The van der Waals surface area contributed by atoms with Gasteiger partial charge in [-0.2, -0.15) is 5.26 Å². The van der Waals surface area contributed by atoms with Crippen LogP contribution >= 0.6 is 0 Å². The van der Waals surface area contributed by atoms with Crippen molar-refractivity contribution in [3.8, 4) is 6.07 Å². The van der Waals surface area contributed by atoms with E-state index >= 15 is 0 Å². The van der Waals surface area contributed by atoms with Crippen molar-refractivity contribution in [1.29, 1.82) is 5.26 Å². The highest BCUT2D eigenvalue weighted by atomic mass is 16.2. The Morgan fingerprint density at radius 1 is 1.36 bits per heavy atom. The van der Waals surface area contributed by atoms with Crippen LogP contribution in [0.1, 0.15) is 46.0 Å². The Morgan fingerprint density at radius 2 is 1.93 bits per heavy atom. The summed E-state index contributed by atoms with van der Waals surface area (Å²) < 4.78 is 0. The van der Waals surface area contributed by atoms with E-state index in [1.165, 1.54) is 6.42 Å². The number of nitriles is 1. The van der Waals surface area contributed by atoms with Crippen molar-refractivity contribution in [2.75, 3.05) is 0 Å². The molecule has 1 saturated carbocycles. The summed E-state index contributed by atoms with van der Waals surface area (Å²) in [6.45, 7) is 3.46. The van der Waals surface area contributed by atoms with Crippen molar-refractivity contribution in [1.82, 2.24) is 5.32 Å². The molecule has 0 heterocycles. The van der Waals surface area contributed by atoms with E-state index in [0.717, 1.165) is 25.7 Å². The lowest BCUT2D eigenvalue weighted by molar-refractivity contribution is -0.127. The second-order valence-corrected chi connectivity index (χ2v) is 4.56. The average molecular weight is 194 g/mol. The van der Waals surface area contributed by atoms with Gasteiger partial charge in [0.2, 0.25) is 5.91 Å². The fourth-order valence-electron chi connectivity index (χ4n) is 1.80. The fourth-order valence-corrected chi connectivity index (χ4v) is 1.80. The maximum Gasteiger partial charge on any atom is 0.224 e. The minimum absolute atomic E-state index is 0.0521. The molecule has 0 aromatic rings. The normalized spacial score (nSPS) is 18.6. The molecule has 14 heavy (non-hydrogen) atoms. The van der Waals surface area contributed by atoms with Gasteiger partial charge in [-0.25, -0.2) is 0 Å². The van der Waals surface area contributed by atoms with Gasteiger partial charge in [0.05, 0.1) is 6.07 Å². The van der Waals surface area contributed by atoms with Crippen LogP contribution in [0.25, 0.3) is 0 Å². The van der Waals surface area contributed by atoms with Gasteiger partial charge in [0.1, 0.15) is 5.54 Å². The summed E-state index contributed by atoms with van der Waals surface area (Å²) >= 11 is 0. The zero-order valence-corrected chi connectivity index (χ0v) is 8.97. The number of hydrogen-bond donors (Lipinski definition) is 1. The van der Waals surface area contributed by atoms with Gasteiger partial charge in [-0.1, -0.05) is 19.3 Å². The molecule has 1 aliphatic rings. The van der Waals surface area contributed by atoms with Crippen LogP contribution in [0, 0.1) is 17.2 Å². The highest BCUT2D eigenvalue weighted by molar-refractivity contribution is 5.79. The Hall–Kier alpha value is -1.04. The molecule has 0 bridgehead atoms. The van der Waals surface area contributed by atoms with E-state index in [1.54, 1.807) is 13.8 Å². The highest BCUT2D eigenvalue weighted by Gasteiger charge is 2.26. The van der Waals surface area contributed by atoms with Gasteiger partial charge >= 0.3 is 0 Å². The maximum absolute atomic E-state index is 11.7. The first-order chi connectivity index (χ1) is 6.55. The second-order valence-electron chi connectivity index (χ2n) is 4.56. The van der Waals surface area contributed by atoms with E-state index in [0.29, 0.717) is 0 Å². The Balaban J connectivity index is 2.45. The number of nitrogens with one attached hydrogen (secondary N) is 1. The van der Waals surface area contributed by atoms with E-state index in [-0.39, 0.29) is 11.8 Å². The molecule has 1 aliphatic carbocycles. The Bertz CT molecular complexity index is 247. The molecule has 0 radical (unpaired) electrons. The van der Waals surface area contributed by atoms with Crippen molar-refractivity contribution in [2.45, 2.75) is 51.5 Å².